The SMILES string of the molecule is CN(C)c1ccncc1.O=C([O-])O.[Na+]. The third-order valence-electron chi connectivity index (χ3n) is 1.18. The molecule has 0 spiro atoms. The molecule has 0 fully saturated rings. The monoisotopic (exact) mass is 206 g/mol. The van der Waals surface area contributed by atoms with Crippen LogP contribution in [0.5, 0.6) is 0 Å². The van der Waals surface area contributed by atoms with Crippen LogP contribution in [0.3, 0.4) is 0 Å². The Balaban J connectivity index is 0. The van der Waals surface area contributed by atoms with Crippen LogP contribution in [-0.4, -0.2) is 30.3 Å². The summed E-state index contributed by atoms with van der Waals surface area (Å²) in [6.45, 7) is 0. The molecule has 0 saturated carbocycles. The average molecular weight is 206 g/mol. The predicted octanol–water partition coefficient (Wildman–Crippen LogP) is -2.96. The van der Waals surface area contributed by atoms with Crippen molar-refractivity contribution in [3.8, 4) is 0 Å². The van der Waals surface area contributed by atoms with Gasteiger partial charge in [0, 0.05) is 32.2 Å². The summed E-state index contributed by atoms with van der Waals surface area (Å²) in [5.74, 6) is 0. The molecule has 1 heterocycles. The normalized spacial score (nSPS) is 7.57. The summed E-state index contributed by atoms with van der Waals surface area (Å²) in [6, 6.07) is 3.94. The quantitative estimate of drug-likeness (QED) is 0.497. The third-order valence-corrected chi connectivity index (χ3v) is 1.18. The first-order chi connectivity index (χ1) is 6.04. The van der Waals surface area contributed by atoms with Crippen LogP contribution in [0, 0.1) is 0 Å². The van der Waals surface area contributed by atoms with Crippen LogP contribution < -0.4 is 39.6 Å². The minimum atomic E-state index is -2.08. The van der Waals surface area contributed by atoms with Gasteiger partial charge in [-0.25, -0.2) is 0 Å². The summed E-state index contributed by atoms with van der Waals surface area (Å²) in [7, 11) is 4.02. The Morgan fingerprint density at radius 1 is 1.43 bits per heavy atom. The maximum Gasteiger partial charge on any atom is 1.00 e. The standard InChI is InChI=1S/C7H10N2.CH2O3.Na/c1-9(2)7-3-5-8-6-4-7;2-1(3)4;/h3-6H,1-2H3;(H2,2,3,4);/q;;+1/p-1. The van der Waals surface area contributed by atoms with E-state index in [0.29, 0.717) is 0 Å². The molecule has 0 aromatic carbocycles. The first-order valence-corrected chi connectivity index (χ1v) is 3.51. The maximum atomic E-state index is 8.44. The minimum absolute atomic E-state index is 0. The molecule has 1 aromatic rings. The van der Waals surface area contributed by atoms with Gasteiger partial charge in [0.1, 0.15) is 0 Å². The van der Waals surface area contributed by atoms with Gasteiger partial charge in [0.25, 0.3) is 0 Å². The van der Waals surface area contributed by atoms with Crippen molar-refractivity contribution in [1.82, 2.24) is 4.98 Å². The summed E-state index contributed by atoms with van der Waals surface area (Å²) in [5.41, 5.74) is 1.19. The van der Waals surface area contributed by atoms with Crippen LogP contribution in [-0.2, 0) is 0 Å². The van der Waals surface area contributed by atoms with Crippen LogP contribution in [0.15, 0.2) is 24.5 Å². The van der Waals surface area contributed by atoms with Crippen molar-refractivity contribution in [1.29, 1.82) is 0 Å². The van der Waals surface area contributed by atoms with Gasteiger partial charge in [-0.2, -0.15) is 0 Å². The van der Waals surface area contributed by atoms with Gasteiger partial charge in [-0.15, -0.1) is 0 Å². The Morgan fingerprint density at radius 3 is 2.00 bits per heavy atom. The fraction of sp³-hybridized carbons (Fsp3) is 0.250. The topological polar surface area (TPSA) is 76.5 Å². The zero-order valence-corrected chi connectivity index (χ0v) is 10.5. The number of hydrogen-bond acceptors (Lipinski definition) is 4. The second-order valence-electron chi connectivity index (χ2n) is 2.37. The summed E-state index contributed by atoms with van der Waals surface area (Å²) in [6.07, 6.45) is 1.49. The number of anilines is 1. The number of carbonyl (C=O) groups is 1. The van der Waals surface area contributed by atoms with Gasteiger partial charge >= 0.3 is 29.6 Å². The molecule has 6 heteroatoms. The van der Waals surface area contributed by atoms with Gasteiger partial charge < -0.3 is 19.9 Å². The van der Waals surface area contributed by atoms with Crippen LogP contribution >= 0.6 is 0 Å². The zero-order chi connectivity index (χ0) is 10.3. The average Bonchev–Trinajstić information content (AvgIpc) is 2.05. The van der Waals surface area contributed by atoms with E-state index < -0.39 is 6.16 Å². The van der Waals surface area contributed by atoms with Gasteiger partial charge in [0.15, 0.2) is 0 Å². The number of hydrogen-bond donors (Lipinski definition) is 1. The van der Waals surface area contributed by atoms with E-state index in [1.807, 2.05) is 31.1 Å². The molecule has 0 radical (unpaired) electrons. The van der Waals surface area contributed by atoms with Crippen molar-refractivity contribution in [2.75, 3.05) is 19.0 Å². The summed E-state index contributed by atoms with van der Waals surface area (Å²) < 4.78 is 0. The van der Waals surface area contributed by atoms with Crippen LogP contribution in [0.4, 0.5) is 10.5 Å². The number of nitrogens with zero attached hydrogens (tertiary/aromatic N) is 2. The fourth-order valence-corrected chi connectivity index (χ4v) is 0.642. The molecule has 0 aliphatic rings. The zero-order valence-electron chi connectivity index (χ0n) is 8.47. The predicted molar refractivity (Wildman–Crippen MR) is 46.6 cm³/mol. The number of carboxylic acid groups (broad SMARTS) is 2. The van der Waals surface area contributed by atoms with E-state index in [9.17, 15) is 0 Å². The third kappa shape index (κ3) is 9.31. The van der Waals surface area contributed by atoms with Crippen LogP contribution in [0.1, 0.15) is 0 Å². The van der Waals surface area contributed by atoms with E-state index in [4.69, 9.17) is 15.0 Å². The van der Waals surface area contributed by atoms with Crippen LogP contribution in [0.2, 0.25) is 0 Å². The molecule has 72 valence electrons. The Labute approximate surface area is 105 Å². The smallest absolute Gasteiger partial charge is 0.565 e. The fourth-order valence-electron chi connectivity index (χ4n) is 0.642. The van der Waals surface area contributed by atoms with Gasteiger partial charge in [-0.05, 0) is 12.1 Å². The maximum absolute atomic E-state index is 8.44. The summed E-state index contributed by atoms with van der Waals surface area (Å²) >= 11 is 0. The van der Waals surface area contributed by atoms with Crippen molar-refractivity contribution in [2.45, 2.75) is 0 Å². The molecule has 14 heavy (non-hydrogen) atoms. The van der Waals surface area contributed by atoms with E-state index in [2.05, 4.69) is 4.98 Å². The minimum Gasteiger partial charge on any atom is -0.565 e. The second-order valence-corrected chi connectivity index (χ2v) is 2.37. The number of rotatable bonds is 1. The molecule has 0 amide bonds. The van der Waals surface area contributed by atoms with E-state index in [-0.39, 0.29) is 29.6 Å². The molecule has 1 rings (SSSR count). The molecule has 0 aliphatic carbocycles. The second kappa shape index (κ2) is 8.80. The van der Waals surface area contributed by atoms with Crippen molar-refractivity contribution in [3.63, 3.8) is 0 Å². The molecule has 1 N–H and O–H groups in total. The Hall–Kier alpha value is -0.780. The Kier molecular flexibility index (Phi) is 9.86. The molecule has 1 aromatic heterocycles. The molecule has 0 saturated heterocycles. The number of pyridine rings is 1. The van der Waals surface area contributed by atoms with E-state index in [1.165, 1.54) is 5.69 Å². The van der Waals surface area contributed by atoms with Gasteiger partial charge in [-0.1, -0.05) is 0 Å². The summed E-state index contributed by atoms with van der Waals surface area (Å²) in [4.78, 5) is 14.4. The van der Waals surface area contributed by atoms with E-state index in [0.717, 1.165) is 0 Å². The molecule has 0 unspecified atom stereocenters. The molecule has 0 atom stereocenters. The first-order valence-electron chi connectivity index (χ1n) is 3.51. The van der Waals surface area contributed by atoms with Gasteiger partial charge in [-0.3, -0.25) is 4.98 Å². The Morgan fingerprint density at radius 2 is 1.79 bits per heavy atom. The largest absolute Gasteiger partial charge is 1.00 e. The molecule has 5 nitrogen and oxygen atoms in total. The molecular weight excluding hydrogens is 195 g/mol. The first kappa shape index (κ1) is 15.7. The van der Waals surface area contributed by atoms with Crippen molar-refractivity contribution in [2.24, 2.45) is 0 Å². The van der Waals surface area contributed by atoms with Gasteiger partial charge in [0.2, 0.25) is 6.16 Å². The summed E-state index contributed by atoms with van der Waals surface area (Å²) in [5, 5.41) is 15.3. The van der Waals surface area contributed by atoms with Crippen molar-refractivity contribution in [3.05, 3.63) is 24.5 Å². The Bertz CT molecular complexity index is 250. The van der Waals surface area contributed by atoms with E-state index >= 15 is 0 Å². The molecule has 0 aliphatic heterocycles. The molecule has 0 bridgehead atoms. The van der Waals surface area contributed by atoms with Gasteiger partial charge in [0.05, 0.1) is 0 Å². The number of aromatic nitrogens is 1. The van der Waals surface area contributed by atoms with Crippen LogP contribution in [0.25, 0.3) is 0 Å². The van der Waals surface area contributed by atoms with Crippen molar-refractivity contribution >= 4 is 11.8 Å². The molecular formula is C8H11N2NaO3. The van der Waals surface area contributed by atoms with Crippen molar-refractivity contribution < 1.29 is 44.6 Å². The van der Waals surface area contributed by atoms with E-state index in [1.54, 1.807) is 12.4 Å².